The lowest BCUT2D eigenvalue weighted by molar-refractivity contribution is -0.192. The van der Waals surface area contributed by atoms with E-state index in [0.29, 0.717) is 18.0 Å². The van der Waals surface area contributed by atoms with Gasteiger partial charge in [-0.05, 0) is 50.5 Å². The van der Waals surface area contributed by atoms with Crippen LogP contribution < -0.4 is 5.32 Å². The maximum absolute atomic E-state index is 10.6. The van der Waals surface area contributed by atoms with Gasteiger partial charge in [0, 0.05) is 12.1 Å². The number of aliphatic hydroxyl groups excluding tert-OH is 1. The summed E-state index contributed by atoms with van der Waals surface area (Å²) < 4.78 is 31.7. The number of nitrogens with one attached hydrogen (secondary N) is 1. The van der Waals surface area contributed by atoms with Gasteiger partial charge >= 0.3 is 12.1 Å². The van der Waals surface area contributed by atoms with Crippen molar-refractivity contribution in [1.82, 2.24) is 5.32 Å². The van der Waals surface area contributed by atoms with Crippen LogP contribution in [-0.2, 0) is 4.79 Å². The number of rotatable bonds is 4. The third-order valence-electron chi connectivity index (χ3n) is 4.96. The van der Waals surface area contributed by atoms with Crippen LogP contribution in [0.5, 0.6) is 0 Å². The van der Waals surface area contributed by atoms with Gasteiger partial charge in [0.25, 0.3) is 0 Å². The lowest BCUT2D eigenvalue weighted by Gasteiger charge is -2.26. The molecule has 0 saturated heterocycles. The molecule has 0 radical (unpaired) electrons. The van der Waals surface area contributed by atoms with Crippen molar-refractivity contribution in [3.8, 4) is 0 Å². The lowest BCUT2D eigenvalue weighted by Crippen LogP contribution is -2.36. The fourth-order valence-corrected chi connectivity index (χ4v) is 3.35. The first-order valence-corrected chi connectivity index (χ1v) is 9.14. The minimum atomic E-state index is -5.08. The first-order valence-electron chi connectivity index (χ1n) is 9.14. The minimum absolute atomic E-state index is 0.0530. The van der Waals surface area contributed by atoms with Crippen molar-refractivity contribution in [1.29, 1.82) is 0 Å². The SMILES string of the molecule is C/C(=C\c1ccccc1)[C@@H]1C[C@H]1NC1CCC(O)CC1.O=C(O)C(F)(F)F. The Morgan fingerprint density at radius 2 is 1.70 bits per heavy atom. The molecule has 2 fully saturated rings. The Morgan fingerprint density at radius 3 is 2.22 bits per heavy atom. The largest absolute Gasteiger partial charge is 0.490 e. The van der Waals surface area contributed by atoms with Crippen LogP contribution in [0.15, 0.2) is 35.9 Å². The normalized spacial score (nSPS) is 28.1. The average Bonchev–Trinajstić information content (AvgIpc) is 3.37. The van der Waals surface area contributed by atoms with E-state index in [4.69, 9.17) is 9.90 Å². The molecule has 0 heterocycles. The summed E-state index contributed by atoms with van der Waals surface area (Å²) in [5.41, 5.74) is 2.79. The molecule has 3 rings (SSSR count). The molecule has 150 valence electrons. The van der Waals surface area contributed by atoms with E-state index < -0.39 is 12.1 Å². The van der Waals surface area contributed by atoms with Gasteiger partial charge in [-0.3, -0.25) is 0 Å². The van der Waals surface area contributed by atoms with Crippen LogP contribution in [0.2, 0.25) is 0 Å². The highest BCUT2D eigenvalue weighted by atomic mass is 19.4. The number of hydrogen-bond donors (Lipinski definition) is 3. The molecular formula is C20H26F3NO3. The molecule has 2 saturated carbocycles. The van der Waals surface area contributed by atoms with E-state index in [1.807, 2.05) is 0 Å². The molecule has 7 heteroatoms. The third-order valence-corrected chi connectivity index (χ3v) is 4.96. The molecule has 0 amide bonds. The predicted octanol–water partition coefficient (Wildman–Crippen LogP) is 4.00. The maximum Gasteiger partial charge on any atom is 0.490 e. The third kappa shape index (κ3) is 7.34. The summed E-state index contributed by atoms with van der Waals surface area (Å²) in [6.45, 7) is 2.25. The number of hydrogen-bond acceptors (Lipinski definition) is 3. The Kier molecular flexibility index (Phi) is 7.44. The summed E-state index contributed by atoms with van der Waals surface area (Å²) in [4.78, 5) is 8.90. The van der Waals surface area contributed by atoms with Crippen molar-refractivity contribution in [2.45, 2.75) is 63.4 Å². The summed E-state index contributed by atoms with van der Waals surface area (Å²) in [7, 11) is 0. The van der Waals surface area contributed by atoms with Gasteiger partial charge in [-0.15, -0.1) is 0 Å². The Bertz CT molecular complexity index is 638. The van der Waals surface area contributed by atoms with Crippen LogP contribution in [0.4, 0.5) is 13.2 Å². The number of carboxylic acid groups (broad SMARTS) is 1. The second-order valence-electron chi connectivity index (χ2n) is 7.22. The van der Waals surface area contributed by atoms with Crippen LogP contribution in [0.3, 0.4) is 0 Å². The van der Waals surface area contributed by atoms with E-state index >= 15 is 0 Å². The number of aliphatic hydroxyl groups is 1. The molecule has 1 aromatic rings. The summed E-state index contributed by atoms with van der Waals surface area (Å²) in [5.74, 6) is -2.05. The number of carbonyl (C=O) groups is 1. The van der Waals surface area contributed by atoms with Gasteiger partial charge in [0.2, 0.25) is 0 Å². The minimum Gasteiger partial charge on any atom is -0.475 e. The Morgan fingerprint density at radius 1 is 1.15 bits per heavy atom. The zero-order chi connectivity index (χ0) is 20.0. The van der Waals surface area contributed by atoms with Crippen molar-refractivity contribution in [3.05, 3.63) is 41.5 Å². The molecule has 4 nitrogen and oxygen atoms in total. The molecule has 0 unspecified atom stereocenters. The summed E-state index contributed by atoms with van der Waals surface area (Å²) >= 11 is 0. The van der Waals surface area contributed by atoms with Crippen molar-refractivity contribution in [3.63, 3.8) is 0 Å². The zero-order valence-electron chi connectivity index (χ0n) is 15.2. The molecule has 0 aromatic heterocycles. The molecule has 27 heavy (non-hydrogen) atoms. The Hall–Kier alpha value is -1.86. The van der Waals surface area contributed by atoms with E-state index in [1.54, 1.807) is 0 Å². The highest BCUT2D eigenvalue weighted by Gasteiger charge is 2.39. The van der Waals surface area contributed by atoms with E-state index in [9.17, 15) is 18.3 Å². The lowest BCUT2D eigenvalue weighted by atomic mass is 9.93. The van der Waals surface area contributed by atoms with Crippen LogP contribution >= 0.6 is 0 Å². The van der Waals surface area contributed by atoms with Gasteiger partial charge in [0.1, 0.15) is 0 Å². The first-order chi connectivity index (χ1) is 12.7. The number of carboxylic acids is 1. The second-order valence-corrected chi connectivity index (χ2v) is 7.22. The van der Waals surface area contributed by atoms with Gasteiger partial charge in [-0.25, -0.2) is 4.79 Å². The van der Waals surface area contributed by atoms with Gasteiger partial charge in [-0.2, -0.15) is 13.2 Å². The fourth-order valence-electron chi connectivity index (χ4n) is 3.35. The Labute approximate surface area is 157 Å². The summed E-state index contributed by atoms with van der Waals surface area (Å²) in [5, 5.41) is 20.4. The van der Waals surface area contributed by atoms with Gasteiger partial charge in [0.15, 0.2) is 0 Å². The highest BCUT2D eigenvalue weighted by molar-refractivity contribution is 5.73. The van der Waals surface area contributed by atoms with Crippen molar-refractivity contribution in [2.24, 2.45) is 5.92 Å². The highest BCUT2D eigenvalue weighted by Crippen LogP contribution is 2.39. The van der Waals surface area contributed by atoms with E-state index in [1.165, 1.54) is 17.6 Å². The predicted molar refractivity (Wildman–Crippen MR) is 97.1 cm³/mol. The molecule has 3 N–H and O–H groups in total. The number of aliphatic carboxylic acids is 1. The van der Waals surface area contributed by atoms with E-state index in [0.717, 1.165) is 25.7 Å². The number of benzene rings is 1. The van der Waals surface area contributed by atoms with Crippen molar-refractivity contribution >= 4 is 12.0 Å². The van der Waals surface area contributed by atoms with E-state index in [2.05, 4.69) is 48.6 Å². The average molecular weight is 385 g/mol. The van der Waals surface area contributed by atoms with Crippen LogP contribution in [-0.4, -0.2) is 40.5 Å². The van der Waals surface area contributed by atoms with Gasteiger partial charge in [-0.1, -0.05) is 42.0 Å². The summed E-state index contributed by atoms with van der Waals surface area (Å²) in [6, 6.07) is 11.9. The van der Waals surface area contributed by atoms with Crippen LogP contribution in [0.25, 0.3) is 6.08 Å². The molecule has 2 aliphatic carbocycles. The number of halogens is 3. The monoisotopic (exact) mass is 385 g/mol. The maximum atomic E-state index is 10.6. The molecule has 0 spiro atoms. The van der Waals surface area contributed by atoms with Crippen molar-refractivity contribution in [2.75, 3.05) is 0 Å². The molecule has 2 aliphatic rings. The Balaban J connectivity index is 0.000000321. The topological polar surface area (TPSA) is 69.6 Å². The number of alkyl halides is 3. The van der Waals surface area contributed by atoms with Crippen LogP contribution in [0, 0.1) is 5.92 Å². The van der Waals surface area contributed by atoms with E-state index in [-0.39, 0.29) is 6.10 Å². The molecule has 2 atom stereocenters. The fraction of sp³-hybridized carbons (Fsp3) is 0.550. The first kappa shape index (κ1) is 21.4. The van der Waals surface area contributed by atoms with Gasteiger partial charge < -0.3 is 15.5 Å². The van der Waals surface area contributed by atoms with Crippen LogP contribution in [0.1, 0.15) is 44.6 Å². The smallest absolute Gasteiger partial charge is 0.475 e. The second kappa shape index (κ2) is 9.37. The van der Waals surface area contributed by atoms with Crippen molar-refractivity contribution < 1.29 is 28.2 Å². The zero-order valence-corrected chi connectivity index (χ0v) is 15.2. The molecular weight excluding hydrogens is 359 g/mol. The van der Waals surface area contributed by atoms with Gasteiger partial charge in [0.05, 0.1) is 6.10 Å². The molecule has 0 aliphatic heterocycles. The molecule has 0 bridgehead atoms. The quantitative estimate of drug-likeness (QED) is 0.733. The summed E-state index contributed by atoms with van der Waals surface area (Å²) in [6.07, 6.45) is 2.65. The standard InChI is InChI=1S/C18H25NO.C2HF3O2/c1-13(11-14-5-3-2-4-6-14)17-12-18(17)19-15-7-9-16(20)10-8-15;3-2(4,5)1(6)7/h2-6,11,15-20H,7-10,12H2,1H3;(H,6,7)/b13-11+;/t15?,16?,17-,18+;/m0./s1. The molecule has 1 aromatic carbocycles.